The van der Waals surface area contributed by atoms with Crippen molar-refractivity contribution in [3.63, 3.8) is 0 Å². The summed E-state index contributed by atoms with van der Waals surface area (Å²) in [6.07, 6.45) is 0. The molecule has 0 rings (SSSR count). The van der Waals surface area contributed by atoms with Gasteiger partial charge < -0.3 is 0 Å². The predicted molar refractivity (Wildman–Crippen MR) is 37.2 cm³/mol. The van der Waals surface area contributed by atoms with E-state index in [-0.39, 0.29) is 5.12 Å². The van der Waals surface area contributed by atoms with Gasteiger partial charge in [-0.1, -0.05) is 6.92 Å². The lowest BCUT2D eigenvalue weighted by Crippen LogP contribution is -2.22. The monoisotopic (exact) mass is 133 g/mol. The molecule has 0 amide bonds. The van der Waals surface area contributed by atoms with Gasteiger partial charge in [-0.25, -0.2) is 0 Å². The summed E-state index contributed by atoms with van der Waals surface area (Å²) in [7, 11) is 1.88. The van der Waals surface area contributed by atoms with E-state index in [4.69, 9.17) is 0 Å². The smallest absolute Gasteiger partial charge is 0.199 e. The van der Waals surface area contributed by atoms with Crippen LogP contribution >= 0.6 is 12.6 Å². The third-order valence-electron chi connectivity index (χ3n) is 0.945. The minimum Gasteiger partial charge on any atom is -0.299 e. The predicted octanol–water partition coefficient (Wildman–Crippen LogP) is 0.394. The molecule has 0 aromatic carbocycles. The molecule has 0 spiro atoms. The van der Waals surface area contributed by atoms with Gasteiger partial charge in [-0.05, 0) is 13.6 Å². The van der Waals surface area contributed by atoms with Crippen LogP contribution in [0.25, 0.3) is 0 Å². The van der Waals surface area contributed by atoms with Crippen LogP contribution in [-0.4, -0.2) is 30.2 Å². The van der Waals surface area contributed by atoms with Crippen molar-refractivity contribution in [2.45, 2.75) is 6.92 Å². The van der Waals surface area contributed by atoms with Gasteiger partial charge in [0.1, 0.15) is 0 Å². The molecule has 0 saturated carbocycles. The molecular weight excluding hydrogens is 122 g/mol. The molecule has 0 bridgehead atoms. The Morgan fingerprint density at radius 1 is 1.75 bits per heavy atom. The van der Waals surface area contributed by atoms with Crippen molar-refractivity contribution in [2.24, 2.45) is 0 Å². The van der Waals surface area contributed by atoms with Crippen LogP contribution < -0.4 is 0 Å². The number of hydrogen-bond acceptors (Lipinski definition) is 2. The van der Waals surface area contributed by atoms with Crippen molar-refractivity contribution < 1.29 is 4.79 Å². The highest BCUT2D eigenvalue weighted by molar-refractivity contribution is 7.96. The molecule has 0 radical (unpaired) electrons. The van der Waals surface area contributed by atoms with Gasteiger partial charge in [0.15, 0.2) is 5.12 Å². The summed E-state index contributed by atoms with van der Waals surface area (Å²) >= 11 is 3.61. The molecule has 3 heteroatoms. The summed E-state index contributed by atoms with van der Waals surface area (Å²) in [5, 5.41) is -0.0747. The molecule has 0 heterocycles. The van der Waals surface area contributed by atoms with Gasteiger partial charge in [-0.3, -0.25) is 9.69 Å². The highest BCUT2D eigenvalue weighted by Crippen LogP contribution is 1.83. The number of likely N-dealkylation sites (N-methyl/N-ethyl adjacent to an activating group) is 1. The lowest BCUT2D eigenvalue weighted by molar-refractivity contribution is -0.111. The van der Waals surface area contributed by atoms with Crippen LogP contribution in [0.1, 0.15) is 6.92 Å². The fraction of sp³-hybridized carbons (Fsp3) is 0.800. The number of nitrogens with zero attached hydrogens (tertiary/aromatic N) is 1. The second kappa shape index (κ2) is 3.92. The van der Waals surface area contributed by atoms with E-state index < -0.39 is 0 Å². The zero-order valence-electron chi connectivity index (χ0n) is 5.22. The molecule has 0 aliphatic heterocycles. The molecule has 0 aromatic rings. The first-order chi connectivity index (χ1) is 3.66. The maximum Gasteiger partial charge on any atom is 0.199 e. The molecule has 0 fully saturated rings. The average molecular weight is 133 g/mol. The fourth-order valence-electron chi connectivity index (χ4n) is 0.343. The Kier molecular flexibility index (Phi) is 3.91. The largest absolute Gasteiger partial charge is 0.299 e. The minimum absolute atomic E-state index is 0.0747. The van der Waals surface area contributed by atoms with Crippen LogP contribution in [0.4, 0.5) is 0 Å². The number of rotatable bonds is 3. The Morgan fingerprint density at radius 3 is 2.38 bits per heavy atom. The van der Waals surface area contributed by atoms with Gasteiger partial charge in [0.05, 0.1) is 6.54 Å². The molecule has 0 unspecified atom stereocenters. The van der Waals surface area contributed by atoms with Crippen molar-refractivity contribution in [1.29, 1.82) is 0 Å². The highest BCUT2D eigenvalue weighted by Gasteiger charge is 1.96. The van der Waals surface area contributed by atoms with Gasteiger partial charge in [0, 0.05) is 0 Å². The van der Waals surface area contributed by atoms with Crippen molar-refractivity contribution in [2.75, 3.05) is 20.1 Å². The van der Waals surface area contributed by atoms with Crippen LogP contribution in [0.5, 0.6) is 0 Å². The first kappa shape index (κ1) is 7.98. The summed E-state index contributed by atoms with van der Waals surface area (Å²) in [5.41, 5.74) is 0. The molecule has 0 N–H and O–H groups in total. The van der Waals surface area contributed by atoms with E-state index in [0.29, 0.717) is 6.54 Å². The van der Waals surface area contributed by atoms with Crippen LogP contribution in [0.2, 0.25) is 0 Å². The zero-order valence-corrected chi connectivity index (χ0v) is 6.11. The van der Waals surface area contributed by atoms with E-state index in [1.807, 2.05) is 18.9 Å². The van der Waals surface area contributed by atoms with Crippen molar-refractivity contribution in [3.8, 4) is 0 Å². The lowest BCUT2D eigenvalue weighted by atomic mass is 10.6. The summed E-state index contributed by atoms with van der Waals surface area (Å²) in [5.74, 6) is 0. The maximum atomic E-state index is 10.2. The highest BCUT2D eigenvalue weighted by atomic mass is 32.1. The molecule has 0 atom stereocenters. The molecule has 2 nitrogen and oxygen atoms in total. The Labute approximate surface area is 55.3 Å². The SMILES string of the molecule is CCN(C)CC(=O)S. The normalized spacial score (nSPS) is 10.0. The first-order valence-corrected chi connectivity index (χ1v) is 3.02. The second-order valence-electron chi connectivity index (χ2n) is 1.72. The van der Waals surface area contributed by atoms with E-state index >= 15 is 0 Å². The standard InChI is InChI=1S/C5H11NOS/c1-3-6(2)4-5(7)8/h3-4H2,1-2H3,(H,7,8). The van der Waals surface area contributed by atoms with Gasteiger partial charge in [0.2, 0.25) is 0 Å². The Hall–Kier alpha value is -0.0200. The quantitative estimate of drug-likeness (QED) is 0.562. The minimum atomic E-state index is -0.0747. The summed E-state index contributed by atoms with van der Waals surface area (Å²) in [6, 6.07) is 0. The van der Waals surface area contributed by atoms with Crippen LogP contribution in [0.3, 0.4) is 0 Å². The number of hydrogen-bond donors (Lipinski definition) is 1. The van der Waals surface area contributed by atoms with Gasteiger partial charge >= 0.3 is 0 Å². The Morgan fingerprint density at radius 2 is 2.25 bits per heavy atom. The maximum absolute atomic E-state index is 10.2. The molecule has 8 heavy (non-hydrogen) atoms. The second-order valence-corrected chi connectivity index (χ2v) is 2.22. The summed E-state index contributed by atoms with van der Waals surface area (Å²) in [4.78, 5) is 12.1. The Balaban J connectivity index is 3.24. The van der Waals surface area contributed by atoms with Crippen LogP contribution in [0.15, 0.2) is 0 Å². The third-order valence-corrected chi connectivity index (χ3v) is 1.09. The first-order valence-electron chi connectivity index (χ1n) is 2.57. The molecule has 48 valence electrons. The number of carbonyl (C=O) groups is 1. The van der Waals surface area contributed by atoms with E-state index in [2.05, 4.69) is 12.6 Å². The van der Waals surface area contributed by atoms with Crippen LogP contribution in [-0.2, 0) is 4.79 Å². The molecule has 0 saturated heterocycles. The van der Waals surface area contributed by atoms with Gasteiger partial charge in [-0.2, -0.15) is 0 Å². The summed E-state index contributed by atoms with van der Waals surface area (Å²) < 4.78 is 0. The average Bonchev–Trinajstić information content (AvgIpc) is 1.65. The Bertz CT molecular complexity index is 84.5. The van der Waals surface area contributed by atoms with Crippen molar-refractivity contribution in [1.82, 2.24) is 4.90 Å². The third kappa shape index (κ3) is 4.15. The van der Waals surface area contributed by atoms with E-state index in [9.17, 15) is 4.79 Å². The van der Waals surface area contributed by atoms with Gasteiger partial charge in [0.25, 0.3) is 0 Å². The molecule has 0 aliphatic carbocycles. The number of thiol groups is 1. The molecule has 0 aromatic heterocycles. The molecular formula is C5H11NOS. The van der Waals surface area contributed by atoms with Gasteiger partial charge in [-0.15, -0.1) is 12.6 Å². The van der Waals surface area contributed by atoms with E-state index in [0.717, 1.165) is 6.54 Å². The van der Waals surface area contributed by atoms with E-state index in [1.54, 1.807) is 0 Å². The van der Waals surface area contributed by atoms with Crippen LogP contribution in [0, 0.1) is 0 Å². The molecule has 0 aliphatic rings. The summed E-state index contributed by atoms with van der Waals surface area (Å²) in [6.45, 7) is 3.34. The van der Waals surface area contributed by atoms with E-state index in [1.165, 1.54) is 0 Å². The number of carbonyl (C=O) groups excluding carboxylic acids is 1. The van der Waals surface area contributed by atoms with Crippen molar-refractivity contribution >= 4 is 17.7 Å². The topological polar surface area (TPSA) is 20.3 Å². The lowest BCUT2D eigenvalue weighted by Gasteiger charge is -2.08. The zero-order chi connectivity index (χ0) is 6.57. The fourth-order valence-corrected chi connectivity index (χ4v) is 0.584. The van der Waals surface area contributed by atoms with Crippen molar-refractivity contribution in [3.05, 3.63) is 0 Å².